The Bertz CT molecular complexity index is 762. The van der Waals surface area contributed by atoms with Crippen molar-refractivity contribution in [3.05, 3.63) is 47.8 Å². The maximum Gasteiger partial charge on any atom is 0.232 e. The van der Waals surface area contributed by atoms with E-state index in [1.807, 2.05) is 4.90 Å². The second-order valence-electron chi connectivity index (χ2n) is 5.98. The van der Waals surface area contributed by atoms with Gasteiger partial charge in [0.15, 0.2) is 5.82 Å². The first-order chi connectivity index (χ1) is 12.6. The van der Waals surface area contributed by atoms with Gasteiger partial charge in [0, 0.05) is 13.1 Å². The highest BCUT2D eigenvalue weighted by Gasteiger charge is 2.18. The number of carbonyl (C=O) groups excluding carboxylic acids is 2. The van der Waals surface area contributed by atoms with Gasteiger partial charge >= 0.3 is 0 Å². The van der Waals surface area contributed by atoms with E-state index in [0.717, 1.165) is 25.9 Å². The van der Waals surface area contributed by atoms with Crippen LogP contribution in [-0.4, -0.2) is 45.8 Å². The number of nitrogens with one attached hydrogen (secondary N) is 1. The Hall–Kier alpha value is -2.48. The van der Waals surface area contributed by atoms with Crippen LogP contribution in [0.15, 0.2) is 41.4 Å². The molecule has 0 atom stereocenters. The van der Waals surface area contributed by atoms with Crippen LogP contribution >= 0.6 is 11.8 Å². The fourth-order valence-corrected chi connectivity index (χ4v) is 3.35. The van der Waals surface area contributed by atoms with Gasteiger partial charge in [-0.05, 0) is 42.7 Å². The first-order valence-electron chi connectivity index (χ1n) is 8.39. The van der Waals surface area contributed by atoms with Crippen LogP contribution in [0, 0.1) is 5.82 Å². The van der Waals surface area contributed by atoms with E-state index in [4.69, 9.17) is 0 Å². The van der Waals surface area contributed by atoms with E-state index in [2.05, 4.69) is 15.5 Å². The van der Waals surface area contributed by atoms with Crippen LogP contribution in [0.4, 0.5) is 10.2 Å². The average Bonchev–Trinajstić information content (AvgIpc) is 3.17. The van der Waals surface area contributed by atoms with Crippen LogP contribution in [0.5, 0.6) is 0 Å². The summed E-state index contributed by atoms with van der Waals surface area (Å²) in [5.41, 5.74) is 0.712. The molecule has 0 saturated carbocycles. The summed E-state index contributed by atoms with van der Waals surface area (Å²) in [6.45, 7) is 1.67. The lowest BCUT2D eigenvalue weighted by Gasteiger charge is -2.14. The molecular formula is C18H19FN4O2S. The highest BCUT2D eigenvalue weighted by Crippen LogP contribution is 2.18. The number of aromatic nitrogens is 2. The molecule has 26 heavy (non-hydrogen) atoms. The molecule has 8 heteroatoms. The summed E-state index contributed by atoms with van der Waals surface area (Å²) in [4.78, 5) is 25.9. The molecule has 0 aliphatic carbocycles. The number of hydrogen-bond donors (Lipinski definition) is 1. The maximum atomic E-state index is 12.9. The first kappa shape index (κ1) is 18.3. The van der Waals surface area contributed by atoms with Crippen LogP contribution in [-0.2, 0) is 16.0 Å². The lowest BCUT2D eigenvalue weighted by atomic mass is 10.1. The summed E-state index contributed by atoms with van der Waals surface area (Å²) in [5.74, 6) is 0.204. The van der Waals surface area contributed by atoms with Crippen molar-refractivity contribution in [2.24, 2.45) is 0 Å². The Morgan fingerprint density at radius 1 is 1.08 bits per heavy atom. The molecule has 6 nitrogen and oxygen atoms in total. The van der Waals surface area contributed by atoms with Crippen molar-refractivity contribution < 1.29 is 14.0 Å². The largest absolute Gasteiger partial charge is 0.342 e. The van der Waals surface area contributed by atoms with Gasteiger partial charge in [0.25, 0.3) is 0 Å². The number of anilines is 1. The zero-order valence-electron chi connectivity index (χ0n) is 14.2. The third kappa shape index (κ3) is 5.26. The molecule has 1 saturated heterocycles. The second-order valence-corrected chi connectivity index (χ2v) is 6.98. The van der Waals surface area contributed by atoms with E-state index in [-0.39, 0.29) is 24.1 Å². The molecule has 1 aromatic heterocycles. The van der Waals surface area contributed by atoms with Crippen molar-refractivity contribution in [1.82, 2.24) is 15.1 Å². The van der Waals surface area contributed by atoms with Gasteiger partial charge in [0.05, 0.1) is 12.2 Å². The van der Waals surface area contributed by atoms with E-state index in [1.165, 1.54) is 23.9 Å². The SMILES string of the molecule is O=C(Cc1ccc(F)cc1)Nc1ccc(SCC(=O)N2CCCC2)nn1. The Kier molecular flexibility index (Phi) is 6.17. The first-order valence-corrected chi connectivity index (χ1v) is 9.37. The molecule has 1 aromatic carbocycles. The monoisotopic (exact) mass is 374 g/mol. The van der Waals surface area contributed by atoms with E-state index in [1.54, 1.807) is 24.3 Å². The summed E-state index contributed by atoms with van der Waals surface area (Å²) in [5, 5.41) is 11.3. The van der Waals surface area contributed by atoms with Gasteiger partial charge in [-0.25, -0.2) is 4.39 Å². The molecule has 0 spiro atoms. The van der Waals surface area contributed by atoms with Crippen LogP contribution in [0.25, 0.3) is 0 Å². The number of thioether (sulfide) groups is 1. The number of halogens is 1. The molecule has 2 aromatic rings. The predicted octanol–water partition coefficient (Wildman–Crippen LogP) is 2.51. The van der Waals surface area contributed by atoms with E-state index < -0.39 is 0 Å². The molecule has 3 rings (SSSR count). The molecule has 1 aliphatic heterocycles. The number of nitrogens with zero attached hydrogens (tertiary/aromatic N) is 3. The summed E-state index contributed by atoms with van der Waals surface area (Å²) >= 11 is 1.33. The third-order valence-corrected chi connectivity index (χ3v) is 4.89. The van der Waals surface area contributed by atoms with Gasteiger partial charge in [-0.1, -0.05) is 23.9 Å². The fourth-order valence-electron chi connectivity index (χ4n) is 2.63. The second kappa shape index (κ2) is 8.75. The Morgan fingerprint density at radius 3 is 2.46 bits per heavy atom. The molecular weight excluding hydrogens is 355 g/mol. The molecule has 136 valence electrons. The molecule has 0 bridgehead atoms. The van der Waals surface area contributed by atoms with Crippen LogP contribution < -0.4 is 5.32 Å². The van der Waals surface area contributed by atoms with Crippen molar-refractivity contribution in [3.8, 4) is 0 Å². The normalized spacial score (nSPS) is 13.7. The van der Waals surface area contributed by atoms with Crippen molar-refractivity contribution in [2.45, 2.75) is 24.3 Å². The van der Waals surface area contributed by atoms with Gasteiger partial charge in [0.1, 0.15) is 10.8 Å². The predicted molar refractivity (Wildman–Crippen MR) is 97.3 cm³/mol. The Morgan fingerprint density at radius 2 is 1.81 bits per heavy atom. The fraction of sp³-hybridized carbons (Fsp3) is 0.333. The highest BCUT2D eigenvalue weighted by atomic mass is 32.2. The minimum Gasteiger partial charge on any atom is -0.342 e. The average molecular weight is 374 g/mol. The number of hydrogen-bond acceptors (Lipinski definition) is 5. The summed E-state index contributed by atoms with van der Waals surface area (Å²) in [6, 6.07) is 9.14. The maximum absolute atomic E-state index is 12.9. The molecule has 1 aliphatic rings. The topological polar surface area (TPSA) is 75.2 Å². The number of likely N-dealkylation sites (tertiary alicyclic amines) is 1. The molecule has 2 amide bonds. The van der Waals surface area contributed by atoms with Gasteiger partial charge in [-0.2, -0.15) is 0 Å². The molecule has 0 radical (unpaired) electrons. The zero-order valence-corrected chi connectivity index (χ0v) is 15.0. The minimum atomic E-state index is -0.337. The van der Waals surface area contributed by atoms with Crippen LogP contribution in [0.2, 0.25) is 0 Å². The zero-order chi connectivity index (χ0) is 18.4. The van der Waals surface area contributed by atoms with Gasteiger partial charge in [-0.15, -0.1) is 10.2 Å². The van der Waals surface area contributed by atoms with E-state index in [0.29, 0.717) is 22.2 Å². The lowest BCUT2D eigenvalue weighted by molar-refractivity contribution is -0.127. The summed E-state index contributed by atoms with van der Waals surface area (Å²) in [6.07, 6.45) is 2.27. The molecule has 1 fully saturated rings. The minimum absolute atomic E-state index is 0.117. The number of benzene rings is 1. The summed E-state index contributed by atoms with van der Waals surface area (Å²) in [7, 11) is 0. The van der Waals surface area contributed by atoms with Crippen molar-refractivity contribution in [2.75, 3.05) is 24.2 Å². The molecule has 1 N–H and O–H groups in total. The van der Waals surface area contributed by atoms with Crippen LogP contribution in [0.3, 0.4) is 0 Å². The number of amides is 2. The number of rotatable bonds is 6. The Balaban J connectivity index is 1.46. The Labute approximate surface area is 155 Å². The van der Waals surface area contributed by atoms with Crippen molar-refractivity contribution in [3.63, 3.8) is 0 Å². The van der Waals surface area contributed by atoms with Gasteiger partial charge in [-0.3, -0.25) is 9.59 Å². The van der Waals surface area contributed by atoms with Crippen LogP contribution in [0.1, 0.15) is 18.4 Å². The molecule has 0 unspecified atom stereocenters. The lowest BCUT2D eigenvalue weighted by Crippen LogP contribution is -2.29. The van der Waals surface area contributed by atoms with E-state index >= 15 is 0 Å². The summed E-state index contributed by atoms with van der Waals surface area (Å²) < 4.78 is 12.9. The van der Waals surface area contributed by atoms with Crippen molar-refractivity contribution >= 4 is 29.4 Å². The highest BCUT2D eigenvalue weighted by molar-refractivity contribution is 7.99. The quantitative estimate of drug-likeness (QED) is 0.787. The third-order valence-electron chi connectivity index (χ3n) is 3.99. The molecule has 2 heterocycles. The van der Waals surface area contributed by atoms with Gasteiger partial charge < -0.3 is 10.2 Å². The standard InChI is InChI=1S/C18H19FN4O2S/c19-14-5-3-13(4-6-14)11-16(24)20-15-7-8-17(22-21-15)26-12-18(25)23-9-1-2-10-23/h3-8H,1-2,9-12H2,(H,20,21,24). The number of carbonyl (C=O) groups is 2. The van der Waals surface area contributed by atoms with E-state index in [9.17, 15) is 14.0 Å². The van der Waals surface area contributed by atoms with Crippen molar-refractivity contribution in [1.29, 1.82) is 0 Å². The smallest absolute Gasteiger partial charge is 0.232 e. The van der Waals surface area contributed by atoms with Gasteiger partial charge in [0.2, 0.25) is 11.8 Å².